The summed E-state index contributed by atoms with van der Waals surface area (Å²) in [6.07, 6.45) is 2.46. The van der Waals surface area contributed by atoms with Crippen LogP contribution >= 0.6 is 11.3 Å². The predicted octanol–water partition coefficient (Wildman–Crippen LogP) is 1.34. The van der Waals surface area contributed by atoms with E-state index in [4.69, 9.17) is 0 Å². The third-order valence-corrected chi connectivity index (χ3v) is 4.32. The summed E-state index contributed by atoms with van der Waals surface area (Å²) < 4.78 is 1.63. The highest BCUT2D eigenvalue weighted by atomic mass is 32.1. The second kappa shape index (κ2) is 5.76. The number of nitrogens with one attached hydrogen (secondary N) is 1. The molecule has 1 amide bonds. The first-order valence-electron chi connectivity index (χ1n) is 6.86. The average Bonchev–Trinajstić information content (AvgIpc) is 3.12. The minimum Gasteiger partial charge on any atom is -0.300 e. The summed E-state index contributed by atoms with van der Waals surface area (Å²) in [5.41, 5.74) is 2.48. The molecule has 0 bridgehead atoms. The van der Waals surface area contributed by atoms with Gasteiger partial charge in [-0.05, 0) is 20.3 Å². The molecule has 9 heteroatoms. The fourth-order valence-electron chi connectivity index (χ4n) is 2.18. The summed E-state index contributed by atoms with van der Waals surface area (Å²) in [4.78, 5) is 20.6. The number of nitrogens with zero attached hydrogens (tertiary/aromatic N) is 6. The van der Waals surface area contributed by atoms with Gasteiger partial charge in [0.2, 0.25) is 11.0 Å². The normalized spacial score (nSPS) is 11.0. The van der Waals surface area contributed by atoms with E-state index in [1.807, 2.05) is 20.8 Å². The summed E-state index contributed by atoms with van der Waals surface area (Å²) >= 11 is 1.39. The third-order valence-electron chi connectivity index (χ3n) is 3.34. The van der Waals surface area contributed by atoms with Gasteiger partial charge in [0.05, 0.1) is 6.42 Å². The lowest BCUT2D eigenvalue weighted by Crippen LogP contribution is -2.17. The van der Waals surface area contributed by atoms with Crippen LogP contribution in [-0.2, 0) is 17.6 Å². The molecule has 1 N–H and O–H groups in total. The molecule has 3 aromatic heterocycles. The molecule has 3 rings (SSSR count). The van der Waals surface area contributed by atoms with E-state index in [9.17, 15) is 4.79 Å². The Morgan fingerprint density at radius 2 is 2.18 bits per heavy atom. The Hall–Kier alpha value is -2.42. The third kappa shape index (κ3) is 2.67. The van der Waals surface area contributed by atoms with Crippen molar-refractivity contribution in [3.63, 3.8) is 0 Å². The van der Waals surface area contributed by atoms with Crippen molar-refractivity contribution in [3.8, 4) is 0 Å². The smallest absolute Gasteiger partial charge is 0.252 e. The molecule has 0 atom stereocenters. The highest BCUT2D eigenvalue weighted by Gasteiger charge is 2.15. The second-order valence-electron chi connectivity index (χ2n) is 4.81. The molecule has 0 aliphatic heterocycles. The Balaban J connectivity index is 1.81. The molecular formula is C13H15N7OS. The van der Waals surface area contributed by atoms with E-state index in [-0.39, 0.29) is 12.3 Å². The molecule has 22 heavy (non-hydrogen) atoms. The SMILES string of the molecule is CCc1nnc(NC(=O)Cc2c(C)nc3ncnn3c2C)s1. The molecule has 0 spiro atoms. The quantitative estimate of drug-likeness (QED) is 0.779. The molecule has 8 nitrogen and oxygen atoms in total. The van der Waals surface area contributed by atoms with Crippen LogP contribution in [0.5, 0.6) is 0 Å². The Kier molecular flexibility index (Phi) is 3.80. The van der Waals surface area contributed by atoms with Crippen molar-refractivity contribution in [3.05, 3.63) is 28.3 Å². The molecule has 0 aliphatic carbocycles. The van der Waals surface area contributed by atoms with Crippen molar-refractivity contribution >= 4 is 28.2 Å². The van der Waals surface area contributed by atoms with Gasteiger partial charge in [0.25, 0.3) is 5.78 Å². The van der Waals surface area contributed by atoms with Gasteiger partial charge in [-0.1, -0.05) is 18.3 Å². The molecule has 3 heterocycles. The Bertz CT molecular complexity index is 838. The van der Waals surface area contributed by atoms with Gasteiger partial charge in [0, 0.05) is 17.0 Å². The van der Waals surface area contributed by atoms with Crippen LogP contribution in [0.25, 0.3) is 5.78 Å². The zero-order chi connectivity index (χ0) is 15.7. The van der Waals surface area contributed by atoms with E-state index in [0.717, 1.165) is 28.4 Å². The van der Waals surface area contributed by atoms with Crippen LogP contribution in [0.2, 0.25) is 0 Å². The average molecular weight is 317 g/mol. The number of amides is 1. The standard InChI is InChI=1S/C13H15N7OS/c1-4-11-18-19-13(22-11)17-10(21)5-9-7(2)16-12-14-6-15-20(12)8(9)3/h6H,4-5H2,1-3H3,(H,17,19,21). The van der Waals surface area contributed by atoms with Crippen molar-refractivity contribution < 1.29 is 4.79 Å². The highest BCUT2D eigenvalue weighted by Crippen LogP contribution is 2.17. The maximum Gasteiger partial charge on any atom is 0.252 e. The van der Waals surface area contributed by atoms with Gasteiger partial charge in [0.1, 0.15) is 11.3 Å². The van der Waals surface area contributed by atoms with Crippen molar-refractivity contribution in [1.29, 1.82) is 0 Å². The van der Waals surface area contributed by atoms with Gasteiger partial charge < -0.3 is 5.32 Å². The number of anilines is 1. The topological polar surface area (TPSA) is 98.0 Å². The fraction of sp³-hybridized carbons (Fsp3) is 0.385. The summed E-state index contributed by atoms with van der Waals surface area (Å²) in [6, 6.07) is 0. The zero-order valence-electron chi connectivity index (χ0n) is 12.5. The molecule has 114 valence electrons. The van der Waals surface area contributed by atoms with Gasteiger partial charge in [-0.25, -0.2) is 9.50 Å². The fourth-order valence-corrected chi connectivity index (χ4v) is 2.88. The van der Waals surface area contributed by atoms with E-state index in [2.05, 4.69) is 30.6 Å². The lowest BCUT2D eigenvalue weighted by molar-refractivity contribution is -0.115. The molecule has 3 aromatic rings. The zero-order valence-corrected chi connectivity index (χ0v) is 13.3. The van der Waals surface area contributed by atoms with Gasteiger partial charge in [-0.15, -0.1) is 10.2 Å². The van der Waals surface area contributed by atoms with Crippen LogP contribution in [-0.4, -0.2) is 35.7 Å². The molecule has 0 fully saturated rings. The maximum atomic E-state index is 12.2. The molecule has 0 aliphatic rings. The number of fused-ring (bicyclic) bond motifs is 1. The number of hydrogen-bond acceptors (Lipinski definition) is 7. The second-order valence-corrected chi connectivity index (χ2v) is 5.87. The largest absolute Gasteiger partial charge is 0.300 e. The highest BCUT2D eigenvalue weighted by molar-refractivity contribution is 7.15. The van der Waals surface area contributed by atoms with E-state index in [1.165, 1.54) is 17.7 Å². The number of carbonyl (C=O) groups is 1. The minimum atomic E-state index is -0.147. The van der Waals surface area contributed by atoms with E-state index < -0.39 is 0 Å². The minimum absolute atomic E-state index is 0.147. The van der Waals surface area contributed by atoms with Crippen LogP contribution in [0.1, 0.15) is 28.9 Å². The van der Waals surface area contributed by atoms with Crippen molar-refractivity contribution in [2.75, 3.05) is 5.32 Å². The Morgan fingerprint density at radius 1 is 1.36 bits per heavy atom. The first-order valence-corrected chi connectivity index (χ1v) is 7.68. The van der Waals surface area contributed by atoms with Crippen LogP contribution in [0.4, 0.5) is 5.13 Å². The van der Waals surface area contributed by atoms with E-state index >= 15 is 0 Å². The van der Waals surface area contributed by atoms with Crippen molar-refractivity contribution in [2.24, 2.45) is 0 Å². The summed E-state index contributed by atoms with van der Waals surface area (Å²) in [5.74, 6) is 0.391. The van der Waals surface area contributed by atoms with Crippen LogP contribution < -0.4 is 5.32 Å². The maximum absolute atomic E-state index is 12.2. The van der Waals surface area contributed by atoms with Gasteiger partial charge in [0.15, 0.2) is 0 Å². The van der Waals surface area contributed by atoms with Gasteiger partial charge >= 0.3 is 0 Å². The number of aryl methyl sites for hydroxylation is 3. The first kappa shape index (κ1) is 14.5. The number of rotatable bonds is 4. The molecule has 0 saturated heterocycles. The van der Waals surface area contributed by atoms with Gasteiger partial charge in [-0.3, -0.25) is 4.79 Å². The van der Waals surface area contributed by atoms with Crippen LogP contribution in [0.15, 0.2) is 6.33 Å². The Morgan fingerprint density at radius 3 is 2.91 bits per heavy atom. The van der Waals surface area contributed by atoms with Crippen molar-refractivity contribution in [2.45, 2.75) is 33.6 Å². The number of carbonyl (C=O) groups excluding carboxylic acids is 1. The van der Waals surface area contributed by atoms with Crippen LogP contribution in [0, 0.1) is 13.8 Å². The molecular weight excluding hydrogens is 302 g/mol. The summed E-state index contributed by atoms with van der Waals surface area (Å²) in [6.45, 7) is 5.77. The lowest BCUT2D eigenvalue weighted by atomic mass is 10.1. The van der Waals surface area contributed by atoms with E-state index in [1.54, 1.807) is 4.52 Å². The first-order chi connectivity index (χ1) is 10.6. The van der Waals surface area contributed by atoms with Crippen LogP contribution in [0.3, 0.4) is 0 Å². The van der Waals surface area contributed by atoms with Gasteiger partial charge in [-0.2, -0.15) is 10.1 Å². The molecule has 0 radical (unpaired) electrons. The lowest BCUT2D eigenvalue weighted by Gasteiger charge is -2.09. The Labute approximate surface area is 130 Å². The summed E-state index contributed by atoms with van der Waals surface area (Å²) in [5, 5.41) is 16.2. The monoisotopic (exact) mass is 317 g/mol. The molecule has 0 aromatic carbocycles. The molecule has 0 saturated carbocycles. The van der Waals surface area contributed by atoms with E-state index in [0.29, 0.717) is 10.9 Å². The summed E-state index contributed by atoms with van der Waals surface area (Å²) in [7, 11) is 0. The van der Waals surface area contributed by atoms with Crippen molar-refractivity contribution in [1.82, 2.24) is 29.8 Å². The predicted molar refractivity (Wildman–Crippen MR) is 81.9 cm³/mol. The number of aromatic nitrogens is 6. The molecule has 0 unspecified atom stereocenters. The number of hydrogen-bond donors (Lipinski definition) is 1.